The molecular formula is C14H18N2. The molecule has 2 heteroatoms. The maximum Gasteiger partial charge on any atom is 0.107 e. The van der Waals surface area contributed by atoms with Crippen molar-refractivity contribution in [1.29, 1.82) is 0 Å². The molecule has 1 aromatic heterocycles. The SMILES string of the molecule is Cc1cc2nc(CC3CCC3)[nH]c2cc1C. The summed E-state index contributed by atoms with van der Waals surface area (Å²) in [6.45, 7) is 4.30. The van der Waals surface area contributed by atoms with Crippen molar-refractivity contribution in [2.75, 3.05) is 0 Å². The maximum atomic E-state index is 4.68. The van der Waals surface area contributed by atoms with Crippen molar-refractivity contribution < 1.29 is 0 Å². The molecule has 3 rings (SSSR count). The fourth-order valence-corrected chi connectivity index (χ4v) is 2.39. The number of H-pyrrole nitrogens is 1. The summed E-state index contributed by atoms with van der Waals surface area (Å²) in [5.74, 6) is 2.05. The molecule has 84 valence electrons. The second-order valence-electron chi connectivity index (χ2n) is 5.14. The first kappa shape index (κ1) is 9.88. The van der Waals surface area contributed by atoms with Gasteiger partial charge in [0.2, 0.25) is 0 Å². The third-order valence-corrected chi connectivity index (χ3v) is 3.85. The van der Waals surface area contributed by atoms with E-state index >= 15 is 0 Å². The van der Waals surface area contributed by atoms with Crippen LogP contribution in [0.3, 0.4) is 0 Å². The quantitative estimate of drug-likeness (QED) is 0.814. The highest BCUT2D eigenvalue weighted by Crippen LogP contribution is 2.29. The molecule has 16 heavy (non-hydrogen) atoms. The fourth-order valence-electron chi connectivity index (χ4n) is 2.39. The van der Waals surface area contributed by atoms with Gasteiger partial charge in [0, 0.05) is 6.42 Å². The van der Waals surface area contributed by atoms with Crippen LogP contribution in [0.25, 0.3) is 11.0 Å². The fraction of sp³-hybridized carbons (Fsp3) is 0.500. The van der Waals surface area contributed by atoms with Crippen LogP contribution in [0, 0.1) is 19.8 Å². The molecule has 1 N–H and O–H groups in total. The molecule has 0 spiro atoms. The molecule has 0 radical (unpaired) electrons. The summed E-state index contributed by atoms with van der Waals surface area (Å²) in [5.41, 5.74) is 4.98. The number of hydrogen-bond acceptors (Lipinski definition) is 1. The molecule has 0 unspecified atom stereocenters. The van der Waals surface area contributed by atoms with E-state index in [1.54, 1.807) is 0 Å². The highest BCUT2D eigenvalue weighted by atomic mass is 14.9. The summed E-state index contributed by atoms with van der Waals surface area (Å²) < 4.78 is 0. The summed E-state index contributed by atoms with van der Waals surface area (Å²) >= 11 is 0. The van der Waals surface area contributed by atoms with Gasteiger partial charge in [-0.1, -0.05) is 19.3 Å². The summed E-state index contributed by atoms with van der Waals surface area (Å²) in [5, 5.41) is 0. The lowest BCUT2D eigenvalue weighted by molar-refractivity contribution is 0.310. The summed E-state index contributed by atoms with van der Waals surface area (Å²) in [4.78, 5) is 8.13. The molecule has 0 aliphatic heterocycles. The Kier molecular flexibility index (Phi) is 2.23. The Morgan fingerprint density at radius 1 is 1.25 bits per heavy atom. The highest BCUT2D eigenvalue weighted by molar-refractivity contribution is 5.77. The van der Waals surface area contributed by atoms with Gasteiger partial charge in [-0.25, -0.2) is 4.98 Å². The molecule has 0 bridgehead atoms. The zero-order chi connectivity index (χ0) is 11.1. The number of benzene rings is 1. The van der Waals surface area contributed by atoms with Gasteiger partial charge in [0.05, 0.1) is 11.0 Å². The third-order valence-electron chi connectivity index (χ3n) is 3.85. The molecule has 1 aromatic carbocycles. The Hall–Kier alpha value is -1.31. The van der Waals surface area contributed by atoms with Crippen LogP contribution in [0.15, 0.2) is 12.1 Å². The summed E-state index contributed by atoms with van der Waals surface area (Å²) in [6.07, 6.45) is 5.31. The average molecular weight is 214 g/mol. The Balaban J connectivity index is 1.95. The first-order chi connectivity index (χ1) is 7.72. The van der Waals surface area contributed by atoms with Gasteiger partial charge in [-0.05, 0) is 43.0 Å². The van der Waals surface area contributed by atoms with Gasteiger partial charge >= 0.3 is 0 Å². The van der Waals surface area contributed by atoms with Crippen LogP contribution < -0.4 is 0 Å². The van der Waals surface area contributed by atoms with E-state index in [1.807, 2.05) is 0 Å². The molecule has 1 fully saturated rings. The number of rotatable bonds is 2. The molecular weight excluding hydrogens is 196 g/mol. The maximum absolute atomic E-state index is 4.68. The van der Waals surface area contributed by atoms with Gasteiger partial charge in [-0.2, -0.15) is 0 Å². The molecule has 1 aliphatic rings. The largest absolute Gasteiger partial charge is 0.342 e. The van der Waals surface area contributed by atoms with E-state index in [9.17, 15) is 0 Å². The predicted molar refractivity (Wildman–Crippen MR) is 66.6 cm³/mol. The normalized spacial score (nSPS) is 16.6. The molecule has 2 aromatic rings. The minimum atomic E-state index is 0.878. The van der Waals surface area contributed by atoms with E-state index < -0.39 is 0 Å². The number of aromatic amines is 1. The van der Waals surface area contributed by atoms with E-state index in [0.717, 1.165) is 17.9 Å². The standard InChI is InChI=1S/C14H18N2/c1-9-6-12-13(7-10(9)2)16-14(15-12)8-11-4-3-5-11/h6-7,11H,3-5,8H2,1-2H3,(H,15,16). The monoisotopic (exact) mass is 214 g/mol. The van der Waals surface area contributed by atoms with Gasteiger partial charge in [0.25, 0.3) is 0 Å². The Bertz CT molecular complexity index is 482. The lowest BCUT2D eigenvalue weighted by Crippen LogP contribution is -2.14. The van der Waals surface area contributed by atoms with Crippen molar-refractivity contribution in [3.8, 4) is 0 Å². The average Bonchev–Trinajstić information content (AvgIpc) is 2.54. The number of nitrogens with one attached hydrogen (secondary N) is 1. The van der Waals surface area contributed by atoms with Crippen LogP contribution in [-0.2, 0) is 6.42 Å². The van der Waals surface area contributed by atoms with E-state index in [4.69, 9.17) is 0 Å². The molecule has 0 saturated heterocycles. The van der Waals surface area contributed by atoms with E-state index in [1.165, 1.54) is 41.7 Å². The van der Waals surface area contributed by atoms with Crippen LogP contribution >= 0.6 is 0 Å². The number of imidazole rings is 1. The van der Waals surface area contributed by atoms with E-state index in [-0.39, 0.29) is 0 Å². The molecule has 0 atom stereocenters. The van der Waals surface area contributed by atoms with Crippen molar-refractivity contribution in [2.24, 2.45) is 5.92 Å². The van der Waals surface area contributed by atoms with E-state index in [2.05, 4.69) is 35.9 Å². The van der Waals surface area contributed by atoms with Gasteiger partial charge < -0.3 is 4.98 Å². The molecule has 1 heterocycles. The number of aromatic nitrogens is 2. The minimum absolute atomic E-state index is 0.878. The van der Waals surface area contributed by atoms with Crippen LogP contribution in [0.2, 0.25) is 0 Å². The smallest absolute Gasteiger partial charge is 0.107 e. The molecule has 1 saturated carbocycles. The predicted octanol–water partition coefficient (Wildman–Crippen LogP) is 3.52. The number of hydrogen-bond donors (Lipinski definition) is 1. The number of nitrogens with zero attached hydrogens (tertiary/aromatic N) is 1. The first-order valence-corrected chi connectivity index (χ1v) is 6.18. The Labute approximate surface area is 96.1 Å². The number of fused-ring (bicyclic) bond motifs is 1. The molecule has 0 amide bonds. The van der Waals surface area contributed by atoms with E-state index in [0.29, 0.717) is 0 Å². The lowest BCUT2D eigenvalue weighted by Gasteiger charge is -2.23. The minimum Gasteiger partial charge on any atom is -0.342 e. The van der Waals surface area contributed by atoms with Crippen molar-refractivity contribution >= 4 is 11.0 Å². The van der Waals surface area contributed by atoms with Gasteiger partial charge in [0.1, 0.15) is 5.82 Å². The third kappa shape index (κ3) is 1.62. The summed E-state index contributed by atoms with van der Waals surface area (Å²) in [6, 6.07) is 4.40. The summed E-state index contributed by atoms with van der Waals surface area (Å²) in [7, 11) is 0. The van der Waals surface area contributed by atoms with Crippen molar-refractivity contribution in [1.82, 2.24) is 9.97 Å². The Morgan fingerprint density at radius 2 is 2.00 bits per heavy atom. The van der Waals surface area contributed by atoms with Crippen molar-refractivity contribution in [3.63, 3.8) is 0 Å². The van der Waals surface area contributed by atoms with Gasteiger partial charge in [0.15, 0.2) is 0 Å². The van der Waals surface area contributed by atoms with Gasteiger partial charge in [-0.3, -0.25) is 0 Å². The van der Waals surface area contributed by atoms with Crippen molar-refractivity contribution in [3.05, 3.63) is 29.1 Å². The Morgan fingerprint density at radius 3 is 2.69 bits per heavy atom. The topological polar surface area (TPSA) is 28.7 Å². The second-order valence-corrected chi connectivity index (χ2v) is 5.14. The second kappa shape index (κ2) is 3.62. The van der Waals surface area contributed by atoms with Crippen LogP contribution in [0.4, 0.5) is 0 Å². The zero-order valence-electron chi connectivity index (χ0n) is 10.0. The highest BCUT2D eigenvalue weighted by Gasteiger charge is 2.19. The lowest BCUT2D eigenvalue weighted by atomic mass is 9.83. The van der Waals surface area contributed by atoms with Crippen LogP contribution in [0.1, 0.15) is 36.2 Å². The molecule has 2 nitrogen and oxygen atoms in total. The van der Waals surface area contributed by atoms with Gasteiger partial charge in [-0.15, -0.1) is 0 Å². The van der Waals surface area contributed by atoms with Crippen LogP contribution in [-0.4, -0.2) is 9.97 Å². The first-order valence-electron chi connectivity index (χ1n) is 6.18. The molecule has 1 aliphatic carbocycles. The van der Waals surface area contributed by atoms with Crippen LogP contribution in [0.5, 0.6) is 0 Å². The van der Waals surface area contributed by atoms with Crippen molar-refractivity contribution in [2.45, 2.75) is 39.5 Å². The zero-order valence-corrected chi connectivity index (χ0v) is 10.0. The number of aryl methyl sites for hydroxylation is 2.